The van der Waals surface area contributed by atoms with Crippen LogP contribution in [0, 0.1) is 0 Å². The lowest BCUT2D eigenvalue weighted by Gasteiger charge is -2.25. The van der Waals surface area contributed by atoms with E-state index in [1.807, 2.05) is 6.07 Å². The molecule has 20 heavy (non-hydrogen) atoms. The number of halogens is 1. The molecule has 0 aliphatic carbocycles. The molecule has 0 aliphatic rings. The molecule has 1 aromatic heterocycles. The maximum Gasteiger partial charge on any atom is 0.0952 e. The third kappa shape index (κ3) is 3.64. The van der Waals surface area contributed by atoms with Crippen LogP contribution in [-0.4, -0.2) is 13.6 Å². The lowest BCUT2D eigenvalue weighted by atomic mass is 10.0. The minimum atomic E-state index is 0.329. The Labute approximate surface area is 129 Å². The monoisotopic (exact) mass is 336 g/mol. The fraction of sp³-hybridized carbons (Fsp3) is 0.375. The van der Waals surface area contributed by atoms with Crippen LogP contribution in [0.15, 0.2) is 45.7 Å². The van der Waals surface area contributed by atoms with Crippen molar-refractivity contribution in [3.63, 3.8) is 0 Å². The molecular formula is C16H21BrN2O. The quantitative estimate of drug-likeness (QED) is 0.849. The number of hydrogen-bond donors (Lipinski definition) is 1. The lowest BCUT2D eigenvalue weighted by molar-refractivity contribution is 0.563. The number of hydrogen-bond acceptors (Lipinski definition) is 3. The second kappa shape index (κ2) is 6.95. The van der Waals surface area contributed by atoms with E-state index in [0.29, 0.717) is 6.04 Å². The molecule has 108 valence electrons. The van der Waals surface area contributed by atoms with Gasteiger partial charge in [-0.25, -0.2) is 0 Å². The molecule has 0 bridgehead atoms. The molecule has 1 heterocycles. The van der Waals surface area contributed by atoms with Crippen LogP contribution in [0.2, 0.25) is 0 Å². The van der Waals surface area contributed by atoms with Gasteiger partial charge in [-0.3, -0.25) is 0 Å². The standard InChI is InChI=1S/C16H21BrN2O/c1-4-18-12(2)15-6-5-14(17)9-16(15)19(3)10-13-7-8-20-11-13/h5-9,11-12,18H,4,10H2,1-3H3. The number of rotatable bonds is 6. The van der Waals surface area contributed by atoms with Crippen LogP contribution in [0.1, 0.15) is 31.0 Å². The smallest absolute Gasteiger partial charge is 0.0952 e. The molecule has 2 aromatic rings. The van der Waals surface area contributed by atoms with Crippen LogP contribution >= 0.6 is 15.9 Å². The van der Waals surface area contributed by atoms with Gasteiger partial charge in [-0.05, 0) is 37.2 Å². The number of anilines is 1. The molecule has 0 fully saturated rings. The van der Waals surface area contributed by atoms with Crippen molar-refractivity contribution in [3.8, 4) is 0 Å². The highest BCUT2D eigenvalue weighted by Crippen LogP contribution is 2.30. The molecule has 0 amide bonds. The van der Waals surface area contributed by atoms with Crippen LogP contribution in [0.4, 0.5) is 5.69 Å². The SMILES string of the molecule is CCNC(C)c1ccc(Br)cc1N(C)Cc1ccoc1. The zero-order valence-corrected chi connectivity index (χ0v) is 13.8. The maximum absolute atomic E-state index is 5.14. The highest BCUT2D eigenvalue weighted by molar-refractivity contribution is 9.10. The van der Waals surface area contributed by atoms with Crippen molar-refractivity contribution >= 4 is 21.6 Å². The summed E-state index contributed by atoms with van der Waals surface area (Å²) in [6.07, 6.45) is 3.51. The lowest BCUT2D eigenvalue weighted by Crippen LogP contribution is -2.23. The van der Waals surface area contributed by atoms with Gasteiger partial charge in [0.1, 0.15) is 0 Å². The number of benzene rings is 1. The van der Waals surface area contributed by atoms with Crippen LogP contribution in [0.3, 0.4) is 0 Å². The largest absolute Gasteiger partial charge is 0.472 e. The van der Waals surface area contributed by atoms with Gasteiger partial charge in [0.25, 0.3) is 0 Å². The van der Waals surface area contributed by atoms with Crippen molar-refractivity contribution in [1.82, 2.24) is 5.32 Å². The van der Waals surface area contributed by atoms with Crippen molar-refractivity contribution < 1.29 is 4.42 Å². The summed E-state index contributed by atoms with van der Waals surface area (Å²) >= 11 is 3.57. The Morgan fingerprint density at radius 2 is 2.15 bits per heavy atom. The van der Waals surface area contributed by atoms with Crippen LogP contribution in [-0.2, 0) is 6.54 Å². The molecule has 1 unspecified atom stereocenters. The van der Waals surface area contributed by atoms with E-state index in [0.717, 1.165) is 17.6 Å². The van der Waals surface area contributed by atoms with E-state index in [1.54, 1.807) is 12.5 Å². The molecule has 1 aromatic carbocycles. The van der Waals surface area contributed by atoms with Gasteiger partial charge in [0.15, 0.2) is 0 Å². The summed E-state index contributed by atoms with van der Waals surface area (Å²) in [5, 5.41) is 3.47. The first-order chi connectivity index (χ1) is 9.61. The van der Waals surface area contributed by atoms with Gasteiger partial charge in [0.2, 0.25) is 0 Å². The Morgan fingerprint density at radius 1 is 1.35 bits per heavy atom. The molecule has 0 saturated heterocycles. The molecular weight excluding hydrogens is 316 g/mol. The zero-order chi connectivity index (χ0) is 14.5. The fourth-order valence-corrected chi connectivity index (χ4v) is 2.72. The fourth-order valence-electron chi connectivity index (χ4n) is 2.37. The van der Waals surface area contributed by atoms with E-state index in [1.165, 1.54) is 16.8 Å². The molecule has 2 rings (SSSR count). The van der Waals surface area contributed by atoms with Crippen molar-refractivity contribution in [3.05, 3.63) is 52.4 Å². The molecule has 0 spiro atoms. The maximum atomic E-state index is 5.14. The topological polar surface area (TPSA) is 28.4 Å². The summed E-state index contributed by atoms with van der Waals surface area (Å²) in [5.74, 6) is 0. The van der Waals surface area contributed by atoms with E-state index in [-0.39, 0.29) is 0 Å². The molecule has 4 heteroatoms. The highest BCUT2D eigenvalue weighted by Gasteiger charge is 2.14. The summed E-state index contributed by atoms with van der Waals surface area (Å²) in [4.78, 5) is 2.25. The molecule has 0 radical (unpaired) electrons. The Hall–Kier alpha value is -1.26. The average molecular weight is 337 g/mol. The van der Waals surface area contributed by atoms with Gasteiger partial charge in [-0.2, -0.15) is 0 Å². The predicted octanol–water partition coefficient (Wildman–Crippen LogP) is 4.35. The second-order valence-corrected chi connectivity index (χ2v) is 5.89. The average Bonchev–Trinajstić information content (AvgIpc) is 2.91. The minimum absolute atomic E-state index is 0.329. The van der Waals surface area contributed by atoms with Gasteiger partial charge in [0, 0.05) is 35.4 Å². The summed E-state index contributed by atoms with van der Waals surface area (Å²) in [7, 11) is 2.11. The summed E-state index contributed by atoms with van der Waals surface area (Å²) in [6.45, 7) is 6.12. The van der Waals surface area contributed by atoms with Crippen molar-refractivity contribution in [2.75, 3.05) is 18.5 Å². The highest BCUT2D eigenvalue weighted by atomic mass is 79.9. The number of nitrogens with one attached hydrogen (secondary N) is 1. The zero-order valence-electron chi connectivity index (χ0n) is 12.2. The number of nitrogens with zero attached hydrogens (tertiary/aromatic N) is 1. The van der Waals surface area contributed by atoms with Crippen LogP contribution in [0.25, 0.3) is 0 Å². The van der Waals surface area contributed by atoms with Crippen molar-refractivity contribution in [1.29, 1.82) is 0 Å². The van der Waals surface area contributed by atoms with E-state index in [2.05, 4.69) is 65.2 Å². The summed E-state index contributed by atoms with van der Waals surface area (Å²) < 4.78 is 6.24. The normalized spacial score (nSPS) is 12.4. The predicted molar refractivity (Wildman–Crippen MR) is 87.0 cm³/mol. The van der Waals surface area contributed by atoms with Gasteiger partial charge in [0.05, 0.1) is 12.5 Å². The van der Waals surface area contributed by atoms with Gasteiger partial charge < -0.3 is 14.6 Å². The molecule has 0 aliphatic heterocycles. The van der Waals surface area contributed by atoms with Gasteiger partial charge >= 0.3 is 0 Å². The third-order valence-corrected chi connectivity index (χ3v) is 3.87. The first-order valence-electron chi connectivity index (χ1n) is 6.87. The molecule has 1 N–H and O–H groups in total. The Bertz CT molecular complexity index is 539. The summed E-state index contributed by atoms with van der Waals surface area (Å²) in [6, 6.07) is 8.78. The van der Waals surface area contributed by atoms with E-state index in [9.17, 15) is 0 Å². The van der Waals surface area contributed by atoms with E-state index >= 15 is 0 Å². The van der Waals surface area contributed by atoms with Crippen molar-refractivity contribution in [2.24, 2.45) is 0 Å². The Morgan fingerprint density at radius 3 is 2.80 bits per heavy atom. The molecule has 3 nitrogen and oxygen atoms in total. The second-order valence-electron chi connectivity index (χ2n) is 4.97. The van der Waals surface area contributed by atoms with Crippen LogP contribution < -0.4 is 10.2 Å². The minimum Gasteiger partial charge on any atom is -0.472 e. The Balaban J connectivity index is 2.26. The number of furan rings is 1. The third-order valence-electron chi connectivity index (χ3n) is 3.38. The summed E-state index contributed by atoms with van der Waals surface area (Å²) in [5.41, 5.74) is 3.71. The van der Waals surface area contributed by atoms with Crippen molar-refractivity contribution in [2.45, 2.75) is 26.4 Å². The molecule has 0 saturated carbocycles. The molecule has 1 atom stereocenters. The van der Waals surface area contributed by atoms with Gasteiger partial charge in [-0.15, -0.1) is 0 Å². The first kappa shape index (κ1) is 15.1. The van der Waals surface area contributed by atoms with Crippen LogP contribution in [0.5, 0.6) is 0 Å². The Kier molecular flexibility index (Phi) is 5.26. The van der Waals surface area contributed by atoms with E-state index in [4.69, 9.17) is 4.42 Å². The van der Waals surface area contributed by atoms with E-state index < -0.39 is 0 Å². The van der Waals surface area contributed by atoms with Gasteiger partial charge in [-0.1, -0.05) is 28.9 Å². The first-order valence-corrected chi connectivity index (χ1v) is 7.66.